The van der Waals surface area contributed by atoms with E-state index in [2.05, 4.69) is 11.5 Å². The number of piperazine rings is 1. The lowest BCUT2D eigenvalue weighted by atomic mass is 9.89. The number of hydrogen-bond donors (Lipinski definition) is 1. The number of carbonyl (C=O) groups excluding carboxylic acids is 1. The summed E-state index contributed by atoms with van der Waals surface area (Å²) in [5.41, 5.74) is -0.105. The summed E-state index contributed by atoms with van der Waals surface area (Å²) in [6.45, 7) is 14.1. The number of β-amino-alcohol motifs (C(OH)–C–C–N with tert-alkyl or cyclic N) is 1. The molecule has 0 radical (unpaired) electrons. The molecule has 0 aromatic carbocycles. The first kappa shape index (κ1) is 18.1. The predicted molar refractivity (Wildman–Crippen MR) is 84.1 cm³/mol. The smallest absolute Gasteiger partial charge is 0.248 e. The van der Waals surface area contributed by atoms with Gasteiger partial charge in [-0.2, -0.15) is 0 Å². The van der Waals surface area contributed by atoms with Crippen molar-refractivity contribution >= 4 is 5.91 Å². The number of ether oxygens (including phenoxy) is 1. The standard InChI is InChI=1S/C16H30N2O3/c1-5-6-11-21-13-15(20)18-9-7-17(8-10-18)12-14(19)16(2,3)4/h5,14,19H,1,6-13H2,2-4H3/t14-/m1/s1. The number of nitrogens with zero attached hydrogens (tertiary/aromatic N) is 2. The van der Waals surface area contributed by atoms with Gasteiger partial charge in [0.25, 0.3) is 0 Å². The fraction of sp³-hybridized carbons (Fsp3) is 0.812. The van der Waals surface area contributed by atoms with E-state index in [0.29, 0.717) is 26.2 Å². The molecule has 1 fully saturated rings. The highest BCUT2D eigenvalue weighted by Gasteiger charge is 2.27. The predicted octanol–water partition coefficient (Wildman–Crippen LogP) is 1.13. The van der Waals surface area contributed by atoms with Crippen molar-refractivity contribution in [1.82, 2.24) is 9.80 Å². The van der Waals surface area contributed by atoms with E-state index < -0.39 is 0 Å². The molecule has 1 heterocycles. The van der Waals surface area contributed by atoms with Crippen LogP contribution in [0, 0.1) is 5.41 Å². The Kier molecular flexibility index (Phi) is 7.35. The molecule has 0 bridgehead atoms. The molecule has 0 spiro atoms. The molecular weight excluding hydrogens is 268 g/mol. The van der Waals surface area contributed by atoms with E-state index in [4.69, 9.17) is 4.74 Å². The molecule has 0 aromatic rings. The van der Waals surface area contributed by atoms with E-state index in [-0.39, 0.29) is 24.0 Å². The van der Waals surface area contributed by atoms with Gasteiger partial charge in [0.05, 0.1) is 12.7 Å². The highest BCUT2D eigenvalue weighted by Crippen LogP contribution is 2.20. The summed E-state index contributed by atoms with van der Waals surface area (Å²) < 4.78 is 5.31. The maximum Gasteiger partial charge on any atom is 0.248 e. The number of amides is 1. The first-order chi connectivity index (χ1) is 9.84. The van der Waals surface area contributed by atoms with Crippen LogP contribution in [0.2, 0.25) is 0 Å². The van der Waals surface area contributed by atoms with Crippen molar-refractivity contribution < 1.29 is 14.6 Å². The second-order valence-corrected chi connectivity index (χ2v) is 6.69. The van der Waals surface area contributed by atoms with Crippen molar-refractivity contribution in [2.75, 3.05) is 45.9 Å². The molecule has 1 N–H and O–H groups in total. The Bertz CT molecular complexity index is 331. The highest BCUT2D eigenvalue weighted by molar-refractivity contribution is 5.77. The van der Waals surface area contributed by atoms with Gasteiger partial charge in [0.2, 0.25) is 5.91 Å². The minimum atomic E-state index is -0.345. The zero-order chi connectivity index (χ0) is 15.9. The summed E-state index contributed by atoms with van der Waals surface area (Å²) in [6, 6.07) is 0. The molecule has 1 amide bonds. The molecule has 0 unspecified atom stereocenters. The van der Waals surface area contributed by atoms with E-state index in [0.717, 1.165) is 19.5 Å². The van der Waals surface area contributed by atoms with Crippen molar-refractivity contribution in [2.45, 2.75) is 33.3 Å². The lowest BCUT2D eigenvalue weighted by Gasteiger charge is -2.38. The molecule has 0 aromatic heterocycles. The summed E-state index contributed by atoms with van der Waals surface area (Å²) in [4.78, 5) is 16.0. The third kappa shape index (κ3) is 6.59. The minimum absolute atomic E-state index is 0.0510. The van der Waals surface area contributed by atoms with Gasteiger partial charge < -0.3 is 14.7 Å². The molecule has 5 nitrogen and oxygen atoms in total. The molecular formula is C16H30N2O3. The lowest BCUT2D eigenvalue weighted by molar-refractivity contribution is -0.138. The molecule has 1 aliphatic heterocycles. The number of carbonyl (C=O) groups is 1. The van der Waals surface area contributed by atoms with Crippen LogP contribution in [0.25, 0.3) is 0 Å². The van der Waals surface area contributed by atoms with Crippen molar-refractivity contribution in [3.8, 4) is 0 Å². The van der Waals surface area contributed by atoms with Gasteiger partial charge >= 0.3 is 0 Å². The second kappa shape index (κ2) is 8.51. The van der Waals surface area contributed by atoms with Crippen LogP contribution < -0.4 is 0 Å². The lowest BCUT2D eigenvalue weighted by Crippen LogP contribution is -2.52. The quantitative estimate of drug-likeness (QED) is 0.565. The maximum atomic E-state index is 12.0. The molecule has 5 heteroatoms. The van der Waals surface area contributed by atoms with Gasteiger partial charge in [-0.25, -0.2) is 0 Å². The van der Waals surface area contributed by atoms with Crippen LogP contribution in [-0.2, 0) is 9.53 Å². The van der Waals surface area contributed by atoms with Crippen LogP contribution in [0.3, 0.4) is 0 Å². The normalized spacial score (nSPS) is 18.6. The summed E-state index contributed by atoms with van der Waals surface area (Å²) in [5, 5.41) is 10.1. The van der Waals surface area contributed by atoms with Crippen LogP contribution in [-0.4, -0.2) is 72.9 Å². The summed E-state index contributed by atoms with van der Waals surface area (Å²) in [7, 11) is 0. The maximum absolute atomic E-state index is 12.0. The highest BCUT2D eigenvalue weighted by atomic mass is 16.5. The topological polar surface area (TPSA) is 53.0 Å². The van der Waals surface area contributed by atoms with Gasteiger partial charge in [-0.05, 0) is 11.8 Å². The van der Waals surface area contributed by atoms with Gasteiger partial charge in [0.15, 0.2) is 0 Å². The number of hydrogen-bond acceptors (Lipinski definition) is 4. The minimum Gasteiger partial charge on any atom is -0.391 e. The van der Waals surface area contributed by atoms with Crippen molar-refractivity contribution in [1.29, 1.82) is 0 Å². The molecule has 1 rings (SSSR count). The second-order valence-electron chi connectivity index (χ2n) is 6.69. The molecule has 122 valence electrons. The average molecular weight is 298 g/mol. The first-order valence-electron chi connectivity index (χ1n) is 7.71. The molecule has 21 heavy (non-hydrogen) atoms. The Labute approximate surface area is 128 Å². The van der Waals surface area contributed by atoms with Crippen LogP contribution in [0.1, 0.15) is 27.2 Å². The van der Waals surface area contributed by atoms with Gasteiger partial charge in [-0.3, -0.25) is 9.69 Å². The van der Waals surface area contributed by atoms with E-state index in [1.54, 1.807) is 6.08 Å². The Hall–Kier alpha value is -0.910. The fourth-order valence-corrected chi connectivity index (χ4v) is 2.12. The Morgan fingerprint density at radius 3 is 2.48 bits per heavy atom. The van der Waals surface area contributed by atoms with Gasteiger partial charge in [-0.1, -0.05) is 26.8 Å². The molecule has 1 atom stereocenters. The summed E-state index contributed by atoms with van der Waals surface area (Å²) in [6.07, 6.45) is 2.21. The first-order valence-corrected chi connectivity index (χ1v) is 7.71. The molecule has 0 saturated carbocycles. The zero-order valence-electron chi connectivity index (χ0n) is 13.7. The van der Waals surface area contributed by atoms with E-state index in [1.807, 2.05) is 25.7 Å². The molecule has 1 saturated heterocycles. The number of aliphatic hydroxyl groups excluding tert-OH is 1. The SMILES string of the molecule is C=CCCOCC(=O)N1CCN(C[C@@H](O)C(C)(C)C)CC1. The van der Waals surface area contributed by atoms with Crippen LogP contribution >= 0.6 is 0 Å². The van der Waals surface area contributed by atoms with Crippen molar-refractivity contribution in [3.63, 3.8) is 0 Å². The number of rotatable bonds is 7. The zero-order valence-corrected chi connectivity index (χ0v) is 13.7. The largest absolute Gasteiger partial charge is 0.391 e. The van der Waals surface area contributed by atoms with Crippen molar-refractivity contribution in [2.24, 2.45) is 5.41 Å². The van der Waals surface area contributed by atoms with Crippen LogP contribution in [0.15, 0.2) is 12.7 Å². The molecule has 1 aliphatic rings. The van der Waals surface area contributed by atoms with E-state index in [9.17, 15) is 9.90 Å². The Morgan fingerprint density at radius 1 is 1.33 bits per heavy atom. The third-order valence-corrected chi connectivity index (χ3v) is 3.85. The Morgan fingerprint density at radius 2 is 1.95 bits per heavy atom. The van der Waals surface area contributed by atoms with E-state index in [1.165, 1.54) is 0 Å². The fourth-order valence-electron chi connectivity index (χ4n) is 2.12. The average Bonchev–Trinajstić information content (AvgIpc) is 2.43. The number of aliphatic hydroxyl groups is 1. The third-order valence-electron chi connectivity index (χ3n) is 3.85. The van der Waals surface area contributed by atoms with Gasteiger partial charge in [-0.15, -0.1) is 6.58 Å². The van der Waals surface area contributed by atoms with Gasteiger partial charge in [0, 0.05) is 32.7 Å². The monoisotopic (exact) mass is 298 g/mol. The van der Waals surface area contributed by atoms with Crippen molar-refractivity contribution in [3.05, 3.63) is 12.7 Å². The van der Waals surface area contributed by atoms with Crippen LogP contribution in [0.5, 0.6) is 0 Å². The van der Waals surface area contributed by atoms with Gasteiger partial charge in [0.1, 0.15) is 6.61 Å². The summed E-state index contributed by atoms with van der Waals surface area (Å²) >= 11 is 0. The van der Waals surface area contributed by atoms with Crippen LogP contribution in [0.4, 0.5) is 0 Å². The Balaban J connectivity index is 2.25. The van der Waals surface area contributed by atoms with E-state index >= 15 is 0 Å². The summed E-state index contributed by atoms with van der Waals surface area (Å²) in [5.74, 6) is 0.0510. The molecule has 0 aliphatic carbocycles.